The first kappa shape index (κ1) is 12.3. The predicted octanol–water partition coefficient (Wildman–Crippen LogP) is 2.18. The van der Waals surface area contributed by atoms with Gasteiger partial charge in [-0.05, 0) is 18.6 Å². The molecule has 2 rings (SSSR count). The first-order valence-electron chi connectivity index (χ1n) is 5.83. The highest BCUT2D eigenvalue weighted by molar-refractivity contribution is 5.85. The van der Waals surface area contributed by atoms with Crippen LogP contribution in [0, 0.1) is 0 Å². The Morgan fingerprint density at radius 3 is 2.83 bits per heavy atom. The Hall–Kier alpha value is -2.17. The second-order valence-electron chi connectivity index (χ2n) is 3.86. The number of aryl methyl sites for hydroxylation is 1. The molecule has 0 aliphatic heterocycles. The van der Waals surface area contributed by atoms with Crippen molar-refractivity contribution in [3.63, 3.8) is 0 Å². The monoisotopic (exact) mass is 245 g/mol. The van der Waals surface area contributed by atoms with Gasteiger partial charge in [0.15, 0.2) is 12.0 Å². The Kier molecular flexibility index (Phi) is 3.72. The molecule has 1 aromatic carbocycles. The van der Waals surface area contributed by atoms with E-state index in [1.54, 1.807) is 11.8 Å². The van der Waals surface area contributed by atoms with Gasteiger partial charge in [0.05, 0.1) is 7.11 Å². The van der Waals surface area contributed by atoms with Crippen molar-refractivity contribution in [2.24, 2.45) is 0 Å². The molecule has 5 heteroatoms. The molecule has 0 spiro atoms. The Morgan fingerprint density at radius 2 is 2.17 bits per heavy atom. The third-order valence-electron chi connectivity index (χ3n) is 2.67. The summed E-state index contributed by atoms with van der Waals surface area (Å²) in [6, 6.07) is 7.54. The van der Waals surface area contributed by atoms with Crippen molar-refractivity contribution >= 4 is 6.29 Å². The minimum atomic E-state index is 0.341. The maximum absolute atomic E-state index is 11.1. The van der Waals surface area contributed by atoms with Gasteiger partial charge in [-0.2, -0.15) is 0 Å². The molecule has 0 bridgehead atoms. The number of para-hydroxylation sites is 1. The fourth-order valence-electron chi connectivity index (χ4n) is 1.89. The molecule has 0 atom stereocenters. The minimum absolute atomic E-state index is 0.341. The smallest absolute Gasteiger partial charge is 0.172 e. The molecule has 1 aromatic heterocycles. The molecule has 0 aliphatic carbocycles. The molecule has 0 fully saturated rings. The van der Waals surface area contributed by atoms with E-state index in [0.717, 1.165) is 18.3 Å². The normalized spacial score (nSPS) is 10.3. The second kappa shape index (κ2) is 5.44. The van der Waals surface area contributed by atoms with E-state index in [9.17, 15) is 4.79 Å². The first-order valence-corrected chi connectivity index (χ1v) is 5.83. The van der Waals surface area contributed by atoms with Crippen molar-refractivity contribution in [2.45, 2.75) is 19.9 Å². The highest BCUT2D eigenvalue weighted by Crippen LogP contribution is 2.30. The van der Waals surface area contributed by atoms with E-state index in [4.69, 9.17) is 4.74 Å². The molecule has 0 N–H and O–H groups in total. The summed E-state index contributed by atoms with van der Waals surface area (Å²) in [6.07, 6.45) is 1.64. The lowest BCUT2D eigenvalue weighted by molar-refractivity contribution is 0.111. The summed E-state index contributed by atoms with van der Waals surface area (Å²) in [5.74, 6) is 0.709. The predicted molar refractivity (Wildman–Crippen MR) is 67.7 cm³/mol. The van der Waals surface area contributed by atoms with Gasteiger partial charge in [0.2, 0.25) is 0 Å². The van der Waals surface area contributed by atoms with E-state index in [-0.39, 0.29) is 0 Å². The highest BCUT2D eigenvalue weighted by Gasteiger charge is 2.17. The third-order valence-corrected chi connectivity index (χ3v) is 2.67. The average molecular weight is 245 g/mol. The topological polar surface area (TPSA) is 57.0 Å². The largest absolute Gasteiger partial charge is 0.496 e. The van der Waals surface area contributed by atoms with Gasteiger partial charge in [-0.3, -0.25) is 4.79 Å². The number of benzene rings is 1. The number of hydrogen-bond donors (Lipinski definition) is 0. The quantitative estimate of drug-likeness (QED) is 0.757. The maximum Gasteiger partial charge on any atom is 0.172 e. The number of rotatable bonds is 5. The van der Waals surface area contributed by atoms with Gasteiger partial charge in [-0.1, -0.05) is 24.3 Å². The van der Waals surface area contributed by atoms with Crippen LogP contribution in [0.5, 0.6) is 5.75 Å². The summed E-state index contributed by atoms with van der Waals surface area (Å²) >= 11 is 0. The van der Waals surface area contributed by atoms with Crippen LogP contribution >= 0.6 is 0 Å². The minimum Gasteiger partial charge on any atom is -0.496 e. The van der Waals surface area contributed by atoms with E-state index in [1.807, 2.05) is 31.2 Å². The molecule has 18 heavy (non-hydrogen) atoms. The van der Waals surface area contributed by atoms with Crippen molar-refractivity contribution < 1.29 is 9.53 Å². The molecular formula is C13H15N3O2. The van der Waals surface area contributed by atoms with Crippen LogP contribution in [0.3, 0.4) is 0 Å². The Morgan fingerprint density at radius 1 is 1.39 bits per heavy atom. The van der Waals surface area contributed by atoms with Gasteiger partial charge in [0.1, 0.15) is 11.4 Å². The number of aldehydes is 1. The van der Waals surface area contributed by atoms with Gasteiger partial charge < -0.3 is 4.74 Å². The Balaban J connectivity index is 2.60. The SMILES string of the molecule is CCCn1nnc(C=O)c1-c1ccccc1OC. The lowest BCUT2D eigenvalue weighted by Gasteiger charge is -2.09. The van der Waals surface area contributed by atoms with E-state index in [2.05, 4.69) is 10.3 Å². The number of hydrogen-bond acceptors (Lipinski definition) is 4. The number of carbonyl (C=O) groups is 1. The van der Waals surface area contributed by atoms with E-state index in [0.29, 0.717) is 23.7 Å². The maximum atomic E-state index is 11.1. The van der Waals surface area contributed by atoms with E-state index >= 15 is 0 Å². The average Bonchev–Trinajstić information content (AvgIpc) is 2.82. The lowest BCUT2D eigenvalue weighted by Crippen LogP contribution is -2.03. The summed E-state index contributed by atoms with van der Waals surface area (Å²) in [7, 11) is 1.60. The van der Waals surface area contributed by atoms with Crippen molar-refractivity contribution in [1.29, 1.82) is 0 Å². The molecule has 0 saturated heterocycles. The zero-order chi connectivity index (χ0) is 13.0. The summed E-state index contributed by atoms with van der Waals surface area (Å²) in [6.45, 7) is 2.77. The molecule has 0 aliphatic rings. The molecule has 0 radical (unpaired) electrons. The van der Waals surface area contributed by atoms with Gasteiger partial charge in [0, 0.05) is 12.1 Å². The molecular weight excluding hydrogens is 230 g/mol. The van der Waals surface area contributed by atoms with Gasteiger partial charge >= 0.3 is 0 Å². The fourth-order valence-corrected chi connectivity index (χ4v) is 1.89. The van der Waals surface area contributed by atoms with Crippen molar-refractivity contribution in [2.75, 3.05) is 7.11 Å². The lowest BCUT2D eigenvalue weighted by atomic mass is 10.1. The molecule has 0 unspecified atom stereocenters. The highest BCUT2D eigenvalue weighted by atomic mass is 16.5. The summed E-state index contributed by atoms with van der Waals surface area (Å²) < 4.78 is 7.05. The van der Waals surface area contributed by atoms with Gasteiger partial charge in [-0.15, -0.1) is 5.10 Å². The van der Waals surface area contributed by atoms with Crippen molar-refractivity contribution in [3.05, 3.63) is 30.0 Å². The van der Waals surface area contributed by atoms with Crippen LogP contribution in [0.1, 0.15) is 23.8 Å². The van der Waals surface area contributed by atoms with Crippen LogP contribution in [0.25, 0.3) is 11.3 Å². The van der Waals surface area contributed by atoms with Crippen LogP contribution in [-0.4, -0.2) is 28.4 Å². The number of aromatic nitrogens is 3. The number of carbonyl (C=O) groups excluding carboxylic acids is 1. The van der Waals surface area contributed by atoms with Crippen LogP contribution in [0.15, 0.2) is 24.3 Å². The molecule has 0 amide bonds. The zero-order valence-electron chi connectivity index (χ0n) is 10.5. The number of nitrogens with zero attached hydrogens (tertiary/aromatic N) is 3. The van der Waals surface area contributed by atoms with Crippen LogP contribution in [0.4, 0.5) is 0 Å². The summed E-state index contributed by atoms with van der Waals surface area (Å²) in [4.78, 5) is 11.1. The Labute approximate surface area is 105 Å². The van der Waals surface area contributed by atoms with Gasteiger partial charge in [-0.25, -0.2) is 4.68 Å². The summed E-state index contributed by atoms with van der Waals surface area (Å²) in [5, 5.41) is 7.90. The molecule has 0 saturated carbocycles. The Bertz CT molecular complexity index is 549. The van der Waals surface area contributed by atoms with Crippen LogP contribution in [0.2, 0.25) is 0 Å². The van der Waals surface area contributed by atoms with E-state index in [1.165, 1.54) is 0 Å². The number of methoxy groups -OCH3 is 1. The van der Waals surface area contributed by atoms with Crippen LogP contribution < -0.4 is 4.74 Å². The second-order valence-corrected chi connectivity index (χ2v) is 3.86. The number of ether oxygens (including phenoxy) is 1. The van der Waals surface area contributed by atoms with Crippen molar-refractivity contribution in [1.82, 2.24) is 15.0 Å². The molecule has 1 heterocycles. The molecule has 2 aromatic rings. The summed E-state index contributed by atoms with van der Waals surface area (Å²) in [5.41, 5.74) is 1.89. The van der Waals surface area contributed by atoms with Gasteiger partial charge in [0.25, 0.3) is 0 Å². The third kappa shape index (κ3) is 2.11. The van der Waals surface area contributed by atoms with E-state index < -0.39 is 0 Å². The van der Waals surface area contributed by atoms with Crippen molar-refractivity contribution in [3.8, 4) is 17.0 Å². The zero-order valence-corrected chi connectivity index (χ0v) is 10.5. The molecule has 5 nitrogen and oxygen atoms in total. The fraction of sp³-hybridized carbons (Fsp3) is 0.308. The molecule has 94 valence electrons. The standard InChI is InChI=1S/C13H15N3O2/c1-3-8-16-13(11(9-17)14-15-16)10-6-4-5-7-12(10)18-2/h4-7,9H,3,8H2,1-2H3. The first-order chi connectivity index (χ1) is 8.81. The van der Waals surface area contributed by atoms with Crippen LogP contribution in [-0.2, 0) is 6.54 Å².